The van der Waals surface area contributed by atoms with Crippen molar-refractivity contribution in [3.8, 4) is 0 Å². The molecule has 1 heterocycles. The molecule has 0 spiro atoms. The Labute approximate surface area is 106 Å². The van der Waals surface area contributed by atoms with Crippen LogP contribution < -0.4 is 5.84 Å². The van der Waals surface area contributed by atoms with Gasteiger partial charge in [0.15, 0.2) is 0 Å². The van der Waals surface area contributed by atoms with Gasteiger partial charge >= 0.3 is 0 Å². The van der Waals surface area contributed by atoms with Gasteiger partial charge in [-0.25, -0.2) is 0 Å². The van der Waals surface area contributed by atoms with Gasteiger partial charge in [-0.1, -0.05) is 24.3 Å². The fourth-order valence-corrected chi connectivity index (χ4v) is 2.58. The highest BCUT2D eigenvalue weighted by atomic mass is 15.1. The number of aromatic nitrogens is 1. The van der Waals surface area contributed by atoms with Crippen LogP contribution in [0.2, 0.25) is 0 Å². The highest BCUT2D eigenvalue weighted by Gasteiger charge is 2.08. The van der Waals surface area contributed by atoms with E-state index >= 15 is 0 Å². The molecule has 0 unspecified atom stereocenters. The van der Waals surface area contributed by atoms with E-state index in [2.05, 4.69) is 53.0 Å². The van der Waals surface area contributed by atoms with E-state index in [1.165, 1.54) is 21.8 Å². The topological polar surface area (TPSA) is 43.3 Å². The molecule has 90 valence electrons. The minimum atomic E-state index is 0.967. The van der Waals surface area contributed by atoms with Crippen molar-refractivity contribution in [1.29, 1.82) is 0 Å². The Morgan fingerprint density at radius 3 is 2.67 bits per heavy atom. The number of rotatable bonds is 2. The summed E-state index contributed by atoms with van der Waals surface area (Å²) in [6.45, 7) is 3.13. The molecular weight excluding hydrogens is 222 g/mol. The number of nitrogens with two attached hydrogens (primary N) is 1. The average Bonchev–Trinajstić information content (AvgIpc) is 2.72. The summed E-state index contributed by atoms with van der Waals surface area (Å²) in [6, 6.07) is 14.8. The van der Waals surface area contributed by atoms with Crippen molar-refractivity contribution in [2.24, 2.45) is 10.9 Å². The predicted molar refractivity (Wildman–Crippen MR) is 76.9 cm³/mol. The Morgan fingerprint density at radius 2 is 1.89 bits per heavy atom. The molecule has 3 heteroatoms. The summed E-state index contributed by atoms with van der Waals surface area (Å²) in [4.78, 5) is 0. The van der Waals surface area contributed by atoms with Gasteiger partial charge in [0, 0.05) is 28.4 Å². The molecule has 0 radical (unpaired) electrons. The van der Waals surface area contributed by atoms with Gasteiger partial charge in [0.05, 0.1) is 6.21 Å². The molecule has 0 amide bonds. The quantitative estimate of drug-likeness (QED) is 0.415. The number of nitrogens with zero attached hydrogens (tertiary/aromatic N) is 2. The van der Waals surface area contributed by atoms with Gasteiger partial charge in [0.2, 0.25) is 0 Å². The normalized spacial score (nSPS) is 11.8. The summed E-state index contributed by atoms with van der Waals surface area (Å²) < 4.78 is 2.33. The average molecular weight is 237 g/mol. The van der Waals surface area contributed by atoms with E-state index in [0.717, 1.165) is 12.1 Å². The SMILES string of the molecule is CCn1c2ccccc2c2cc(/C=N/N)ccc21. The monoisotopic (exact) mass is 237 g/mol. The molecule has 1 aromatic heterocycles. The molecule has 0 aliphatic carbocycles. The van der Waals surface area contributed by atoms with Crippen molar-refractivity contribution in [2.75, 3.05) is 0 Å². The van der Waals surface area contributed by atoms with Crippen LogP contribution in [-0.4, -0.2) is 10.8 Å². The minimum absolute atomic E-state index is 0.967. The second-order valence-corrected chi connectivity index (χ2v) is 4.32. The first-order valence-corrected chi connectivity index (χ1v) is 6.09. The van der Waals surface area contributed by atoms with Crippen LogP contribution >= 0.6 is 0 Å². The Hall–Kier alpha value is -2.29. The van der Waals surface area contributed by atoms with E-state index in [0.29, 0.717) is 0 Å². The van der Waals surface area contributed by atoms with E-state index in [9.17, 15) is 0 Å². The number of benzene rings is 2. The zero-order valence-corrected chi connectivity index (χ0v) is 10.3. The summed E-state index contributed by atoms with van der Waals surface area (Å²) in [5, 5.41) is 6.12. The molecule has 0 aliphatic rings. The predicted octanol–water partition coefficient (Wildman–Crippen LogP) is 3.11. The molecule has 3 aromatic rings. The van der Waals surface area contributed by atoms with Crippen molar-refractivity contribution < 1.29 is 0 Å². The zero-order valence-electron chi connectivity index (χ0n) is 10.3. The zero-order chi connectivity index (χ0) is 12.5. The number of fused-ring (bicyclic) bond motifs is 3. The minimum Gasteiger partial charge on any atom is -0.341 e. The highest BCUT2D eigenvalue weighted by molar-refractivity contribution is 6.09. The van der Waals surface area contributed by atoms with Crippen LogP contribution in [0.3, 0.4) is 0 Å². The first-order valence-electron chi connectivity index (χ1n) is 6.09. The van der Waals surface area contributed by atoms with Gasteiger partial charge in [-0.15, -0.1) is 0 Å². The van der Waals surface area contributed by atoms with Crippen molar-refractivity contribution in [3.63, 3.8) is 0 Å². The summed E-state index contributed by atoms with van der Waals surface area (Å²) in [5.41, 5.74) is 3.56. The van der Waals surface area contributed by atoms with Crippen molar-refractivity contribution in [2.45, 2.75) is 13.5 Å². The Morgan fingerprint density at radius 1 is 1.11 bits per heavy atom. The molecule has 0 fully saturated rings. The van der Waals surface area contributed by atoms with Crippen LogP contribution in [0.5, 0.6) is 0 Å². The number of hydrogen-bond donors (Lipinski definition) is 1. The molecule has 0 atom stereocenters. The third kappa shape index (κ3) is 1.48. The largest absolute Gasteiger partial charge is 0.341 e. The summed E-state index contributed by atoms with van der Waals surface area (Å²) in [5.74, 6) is 5.21. The lowest BCUT2D eigenvalue weighted by atomic mass is 10.1. The molecule has 0 aliphatic heterocycles. The second kappa shape index (κ2) is 4.18. The summed E-state index contributed by atoms with van der Waals surface area (Å²) in [7, 11) is 0. The smallest absolute Gasteiger partial charge is 0.0538 e. The van der Waals surface area contributed by atoms with E-state index in [1.807, 2.05) is 6.07 Å². The second-order valence-electron chi connectivity index (χ2n) is 4.32. The molecule has 0 saturated heterocycles. The molecule has 2 N–H and O–H groups in total. The lowest BCUT2D eigenvalue weighted by Gasteiger charge is -2.02. The van der Waals surface area contributed by atoms with Crippen LogP contribution in [0.1, 0.15) is 12.5 Å². The van der Waals surface area contributed by atoms with E-state index in [4.69, 9.17) is 5.84 Å². The van der Waals surface area contributed by atoms with Crippen LogP contribution in [0.15, 0.2) is 47.6 Å². The summed E-state index contributed by atoms with van der Waals surface area (Å²) in [6.07, 6.45) is 1.68. The third-order valence-electron chi connectivity index (χ3n) is 3.34. The van der Waals surface area contributed by atoms with E-state index < -0.39 is 0 Å². The molecule has 3 rings (SSSR count). The lowest BCUT2D eigenvalue weighted by molar-refractivity contribution is 0.827. The van der Waals surface area contributed by atoms with Crippen molar-refractivity contribution in [3.05, 3.63) is 48.0 Å². The van der Waals surface area contributed by atoms with Gasteiger partial charge in [0.25, 0.3) is 0 Å². The number of aryl methyl sites for hydroxylation is 1. The highest BCUT2D eigenvalue weighted by Crippen LogP contribution is 2.29. The number of para-hydroxylation sites is 1. The van der Waals surface area contributed by atoms with Gasteiger partial charge in [0.1, 0.15) is 0 Å². The van der Waals surface area contributed by atoms with Crippen LogP contribution in [0.25, 0.3) is 21.8 Å². The Kier molecular flexibility index (Phi) is 2.52. The standard InChI is InChI=1S/C15H15N3/c1-2-18-14-6-4-3-5-12(14)13-9-11(10-17-16)7-8-15(13)18/h3-10H,2,16H2,1H3/b17-10+. The third-order valence-corrected chi connectivity index (χ3v) is 3.34. The fraction of sp³-hybridized carbons (Fsp3) is 0.133. The van der Waals surface area contributed by atoms with Gasteiger partial charge in [-0.05, 0) is 30.7 Å². The first-order chi connectivity index (χ1) is 8.85. The summed E-state index contributed by atoms with van der Waals surface area (Å²) >= 11 is 0. The van der Waals surface area contributed by atoms with Crippen LogP contribution in [0.4, 0.5) is 0 Å². The van der Waals surface area contributed by atoms with E-state index in [-0.39, 0.29) is 0 Å². The van der Waals surface area contributed by atoms with Gasteiger partial charge < -0.3 is 10.4 Å². The first kappa shape index (κ1) is 10.8. The maximum Gasteiger partial charge on any atom is 0.0538 e. The van der Waals surface area contributed by atoms with Gasteiger partial charge in [-0.3, -0.25) is 0 Å². The van der Waals surface area contributed by atoms with E-state index in [1.54, 1.807) is 6.21 Å². The fourth-order valence-electron chi connectivity index (χ4n) is 2.58. The Balaban J connectivity index is 2.44. The number of hydrogen-bond acceptors (Lipinski definition) is 2. The molecule has 0 bridgehead atoms. The van der Waals surface area contributed by atoms with Crippen LogP contribution in [-0.2, 0) is 6.54 Å². The maximum atomic E-state index is 5.21. The van der Waals surface area contributed by atoms with Crippen LogP contribution in [0, 0.1) is 0 Å². The van der Waals surface area contributed by atoms with Crippen molar-refractivity contribution >= 4 is 28.0 Å². The molecule has 2 aromatic carbocycles. The maximum absolute atomic E-state index is 5.21. The molecule has 0 saturated carbocycles. The van der Waals surface area contributed by atoms with Gasteiger partial charge in [-0.2, -0.15) is 5.10 Å². The van der Waals surface area contributed by atoms with Crippen molar-refractivity contribution in [1.82, 2.24) is 4.57 Å². The molecule has 3 nitrogen and oxygen atoms in total. The Bertz CT molecular complexity index is 738. The lowest BCUT2D eigenvalue weighted by Crippen LogP contribution is -1.93. The molecular formula is C15H15N3. The molecule has 18 heavy (non-hydrogen) atoms. The number of hydrazone groups is 1.